The zero-order valence-corrected chi connectivity index (χ0v) is 13.7. The molecule has 0 aliphatic carbocycles. The van der Waals surface area contributed by atoms with E-state index in [9.17, 15) is 22.8 Å². The molecule has 1 aromatic carbocycles. The molecule has 1 saturated heterocycles. The summed E-state index contributed by atoms with van der Waals surface area (Å²) < 4.78 is 41.7. The largest absolute Gasteiger partial charge is 0.482 e. The van der Waals surface area contributed by atoms with E-state index >= 15 is 0 Å². The van der Waals surface area contributed by atoms with Crippen LogP contribution in [0.2, 0.25) is 5.02 Å². The van der Waals surface area contributed by atoms with E-state index < -0.39 is 30.7 Å². The molecule has 2 rings (SSSR count). The number of anilines is 1. The van der Waals surface area contributed by atoms with E-state index in [2.05, 4.69) is 5.32 Å². The molecule has 0 bridgehead atoms. The molecular formula is C15H16ClF3N2O4. The normalized spacial score (nSPS) is 17.9. The van der Waals surface area contributed by atoms with Crippen molar-refractivity contribution < 1.29 is 32.6 Å². The van der Waals surface area contributed by atoms with Gasteiger partial charge in [-0.15, -0.1) is 0 Å². The summed E-state index contributed by atoms with van der Waals surface area (Å²) in [5, 5.41) is 11.6. The molecule has 1 aliphatic rings. The van der Waals surface area contributed by atoms with E-state index in [0.29, 0.717) is 19.4 Å². The Morgan fingerprint density at radius 1 is 1.40 bits per heavy atom. The minimum Gasteiger partial charge on any atom is -0.482 e. The fourth-order valence-electron chi connectivity index (χ4n) is 2.44. The van der Waals surface area contributed by atoms with Crippen LogP contribution in [-0.4, -0.2) is 47.9 Å². The first-order chi connectivity index (χ1) is 11.7. The van der Waals surface area contributed by atoms with Gasteiger partial charge in [0.15, 0.2) is 6.61 Å². The summed E-state index contributed by atoms with van der Waals surface area (Å²) in [6, 6.07) is 3.28. The van der Waals surface area contributed by atoms with E-state index in [1.54, 1.807) is 0 Å². The molecule has 1 fully saturated rings. The highest BCUT2D eigenvalue weighted by molar-refractivity contribution is 6.30. The lowest BCUT2D eigenvalue weighted by atomic mass is 9.99. The Balaban J connectivity index is 2.08. The highest BCUT2D eigenvalue weighted by Gasteiger charge is 2.30. The summed E-state index contributed by atoms with van der Waals surface area (Å²) >= 11 is 5.76. The third-order valence-electron chi connectivity index (χ3n) is 3.63. The number of piperidine rings is 1. The zero-order valence-electron chi connectivity index (χ0n) is 13.0. The van der Waals surface area contributed by atoms with Crippen LogP contribution in [0.5, 0.6) is 5.75 Å². The Morgan fingerprint density at radius 2 is 2.12 bits per heavy atom. The molecule has 2 N–H and O–H groups in total. The van der Waals surface area contributed by atoms with E-state index in [1.807, 2.05) is 0 Å². The molecule has 2 amide bonds. The number of urea groups is 1. The SMILES string of the molecule is O=C(O)C1CCCN(C(=O)Nc2ccc(Cl)cc2OCC(F)(F)F)C1. The number of rotatable bonds is 4. The molecule has 0 spiro atoms. The first-order valence-electron chi connectivity index (χ1n) is 7.43. The highest BCUT2D eigenvalue weighted by Crippen LogP contribution is 2.30. The van der Waals surface area contributed by atoms with Crippen molar-refractivity contribution in [3.05, 3.63) is 23.2 Å². The first-order valence-corrected chi connectivity index (χ1v) is 7.81. The van der Waals surface area contributed by atoms with Crippen molar-refractivity contribution in [3.8, 4) is 5.75 Å². The standard InChI is InChI=1S/C15H16ClF3N2O4/c16-10-3-4-11(12(6-10)25-8-15(17,18)19)20-14(24)21-5-1-2-9(7-21)13(22)23/h3-4,6,9H,1-2,5,7-8H2,(H,20,24)(H,22,23). The number of amides is 2. The number of likely N-dealkylation sites (tertiary alicyclic amines) is 1. The fourth-order valence-corrected chi connectivity index (χ4v) is 2.60. The minimum atomic E-state index is -4.54. The van der Waals surface area contributed by atoms with Crippen LogP contribution in [0, 0.1) is 5.92 Å². The van der Waals surface area contributed by atoms with Crippen molar-refractivity contribution >= 4 is 29.3 Å². The van der Waals surface area contributed by atoms with Crippen molar-refractivity contribution in [2.75, 3.05) is 25.0 Å². The number of aliphatic carboxylic acids is 1. The molecule has 0 aromatic heterocycles. The van der Waals surface area contributed by atoms with E-state index in [1.165, 1.54) is 23.1 Å². The van der Waals surface area contributed by atoms with Crippen molar-refractivity contribution in [1.82, 2.24) is 4.90 Å². The van der Waals surface area contributed by atoms with Gasteiger partial charge in [-0.1, -0.05) is 11.6 Å². The van der Waals surface area contributed by atoms with Gasteiger partial charge in [-0.25, -0.2) is 4.79 Å². The average Bonchev–Trinajstić information content (AvgIpc) is 2.54. The Kier molecular flexibility index (Phi) is 5.99. The predicted molar refractivity (Wildman–Crippen MR) is 84.0 cm³/mol. The van der Waals surface area contributed by atoms with Gasteiger partial charge in [-0.05, 0) is 25.0 Å². The molecular weight excluding hydrogens is 365 g/mol. The molecule has 10 heteroatoms. The number of carboxylic acids is 1. The number of carbonyl (C=O) groups excluding carboxylic acids is 1. The summed E-state index contributed by atoms with van der Waals surface area (Å²) in [5.41, 5.74) is 0.0242. The summed E-state index contributed by atoms with van der Waals surface area (Å²) in [5.74, 6) is -1.87. The highest BCUT2D eigenvalue weighted by atomic mass is 35.5. The van der Waals surface area contributed by atoms with Crippen LogP contribution in [0.3, 0.4) is 0 Å². The average molecular weight is 381 g/mol. The topological polar surface area (TPSA) is 78.9 Å². The zero-order chi connectivity index (χ0) is 18.6. The monoisotopic (exact) mass is 380 g/mol. The van der Waals surface area contributed by atoms with Gasteiger partial charge in [0.25, 0.3) is 0 Å². The van der Waals surface area contributed by atoms with Crippen LogP contribution in [0.4, 0.5) is 23.7 Å². The van der Waals surface area contributed by atoms with Crippen LogP contribution in [0.1, 0.15) is 12.8 Å². The smallest absolute Gasteiger partial charge is 0.422 e. The number of carboxylic acid groups (broad SMARTS) is 1. The van der Waals surface area contributed by atoms with Crippen LogP contribution >= 0.6 is 11.6 Å². The molecule has 1 unspecified atom stereocenters. The maximum atomic E-state index is 12.3. The van der Waals surface area contributed by atoms with Gasteiger partial charge in [0.1, 0.15) is 5.75 Å². The van der Waals surface area contributed by atoms with Crippen LogP contribution < -0.4 is 10.1 Å². The van der Waals surface area contributed by atoms with E-state index in [-0.39, 0.29) is 23.0 Å². The number of nitrogens with one attached hydrogen (secondary N) is 1. The van der Waals surface area contributed by atoms with Crippen molar-refractivity contribution in [3.63, 3.8) is 0 Å². The summed E-state index contributed by atoms with van der Waals surface area (Å²) in [6.45, 7) is -1.13. The number of hydrogen-bond acceptors (Lipinski definition) is 3. The molecule has 0 saturated carbocycles. The first kappa shape index (κ1) is 19.2. The molecule has 1 aromatic rings. The summed E-state index contributed by atoms with van der Waals surface area (Å²) in [6.07, 6.45) is -3.53. The molecule has 25 heavy (non-hydrogen) atoms. The fraction of sp³-hybridized carbons (Fsp3) is 0.467. The number of ether oxygens (including phenoxy) is 1. The van der Waals surface area contributed by atoms with Crippen LogP contribution in [0.15, 0.2) is 18.2 Å². The number of alkyl halides is 3. The number of benzene rings is 1. The molecule has 6 nitrogen and oxygen atoms in total. The number of carbonyl (C=O) groups is 2. The Labute approximate surface area is 146 Å². The third-order valence-corrected chi connectivity index (χ3v) is 3.87. The molecule has 138 valence electrons. The number of hydrogen-bond donors (Lipinski definition) is 2. The Bertz CT molecular complexity index is 654. The predicted octanol–water partition coefficient (Wildman–Crippen LogP) is 3.61. The van der Waals surface area contributed by atoms with Gasteiger partial charge >= 0.3 is 18.2 Å². The lowest BCUT2D eigenvalue weighted by Gasteiger charge is -2.30. The second-order valence-electron chi connectivity index (χ2n) is 5.60. The van der Waals surface area contributed by atoms with E-state index in [4.69, 9.17) is 21.4 Å². The summed E-state index contributed by atoms with van der Waals surface area (Å²) in [4.78, 5) is 24.6. The van der Waals surface area contributed by atoms with Gasteiger partial charge in [-0.3, -0.25) is 4.79 Å². The van der Waals surface area contributed by atoms with Gasteiger partial charge in [0.2, 0.25) is 0 Å². The summed E-state index contributed by atoms with van der Waals surface area (Å²) in [7, 11) is 0. The second kappa shape index (κ2) is 7.81. The molecule has 1 atom stereocenters. The second-order valence-corrected chi connectivity index (χ2v) is 6.03. The maximum Gasteiger partial charge on any atom is 0.422 e. The lowest BCUT2D eigenvalue weighted by Crippen LogP contribution is -2.44. The maximum absolute atomic E-state index is 12.3. The molecule has 1 heterocycles. The van der Waals surface area contributed by atoms with Crippen LogP contribution in [-0.2, 0) is 4.79 Å². The number of nitrogens with zero attached hydrogens (tertiary/aromatic N) is 1. The van der Waals surface area contributed by atoms with Crippen LogP contribution in [0.25, 0.3) is 0 Å². The quantitative estimate of drug-likeness (QED) is 0.836. The van der Waals surface area contributed by atoms with E-state index in [0.717, 1.165) is 0 Å². The Morgan fingerprint density at radius 3 is 2.76 bits per heavy atom. The number of halogens is 4. The Hall–Kier alpha value is -2.16. The van der Waals surface area contributed by atoms with Crippen molar-refractivity contribution in [2.24, 2.45) is 5.92 Å². The van der Waals surface area contributed by atoms with Gasteiger partial charge in [0.05, 0.1) is 11.6 Å². The lowest BCUT2D eigenvalue weighted by molar-refractivity contribution is -0.153. The minimum absolute atomic E-state index is 0.0242. The van der Waals surface area contributed by atoms with Gasteiger partial charge < -0.3 is 20.1 Å². The van der Waals surface area contributed by atoms with Crippen molar-refractivity contribution in [1.29, 1.82) is 0 Å². The third kappa shape index (κ3) is 5.70. The van der Waals surface area contributed by atoms with Gasteiger partial charge in [-0.2, -0.15) is 13.2 Å². The molecule has 0 radical (unpaired) electrons. The van der Waals surface area contributed by atoms with Gasteiger partial charge in [0, 0.05) is 24.2 Å². The molecule has 1 aliphatic heterocycles. The van der Waals surface area contributed by atoms with Crippen molar-refractivity contribution in [2.45, 2.75) is 19.0 Å².